The molecule has 142 valence electrons. The largest absolute Gasteiger partial charge is 0.322 e. The molecule has 1 aliphatic heterocycles. The Kier molecular flexibility index (Phi) is 4.89. The van der Waals surface area contributed by atoms with Crippen molar-refractivity contribution in [2.75, 3.05) is 10.2 Å². The Labute approximate surface area is 171 Å². The highest BCUT2D eigenvalue weighted by molar-refractivity contribution is 9.10. The molecule has 0 radical (unpaired) electrons. The fourth-order valence-electron chi connectivity index (χ4n) is 3.87. The molecular weight excluding hydrogens is 420 g/mol. The minimum atomic E-state index is -0.359. The van der Waals surface area contributed by atoms with Gasteiger partial charge in [-0.25, -0.2) is 4.90 Å². The maximum Gasteiger partial charge on any atom is 0.257 e. The van der Waals surface area contributed by atoms with Gasteiger partial charge in [-0.05, 0) is 56.2 Å². The molecule has 2 aromatic carbocycles. The fraction of sp³-hybridized carbons (Fsp3) is 0.227. The molecule has 1 aliphatic carbocycles. The Morgan fingerprint density at radius 3 is 2.46 bits per heavy atom. The number of rotatable bonds is 3. The third kappa shape index (κ3) is 3.29. The lowest BCUT2D eigenvalue weighted by atomic mass is 9.82. The number of nitrogens with zero attached hydrogens (tertiary/aromatic N) is 1. The van der Waals surface area contributed by atoms with Gasteiger partial charge >= 0.3 is 0 Å². The van der Waals surface area contributed by atoms with Gasteiger partial charge in [0.1, 0.15) is 0 Å². The number of carbonyl (C=O) groups excluding carboxylic acids is 3. The monoisotopic (exact) mass is 438 g/mol. The van der Waals surface area contributed by atoms with Crippen LogP contribution in [0.4, 0.5) is 11.4 Å². The van der Waals surface area contributed by atoms with Crippen molar-refractivity contribution in [2.45, 2.75) is 19.8 Å². The number of nitrogens with one attached hydrogen (secondary N) is 1. The van der Waals surface area contributed by atoms with Gasteiger partial charge in [-0.15, -0.1) is 0 Å². The summed E-state index contributed by atoms with van der Waals surface area (Å²) in [4.78, 5) is 40.1. The second-order valence-corrected chi connectivity index (χ2v) is 8.11. The number of carbonyl (C=O) groups is 3. The molecule has 0 bridgehead atoms. The van der Waals surface area contributed by atoms with Gasteiger partial charge in [0, 0.05) is 10.2 Å². The van der Waals surface area contributed by atoms with Crippen molar-refractivity contribution in [1.29, 1.82) is 0 Å². The molecule has 1 heterocycles. The number of benzene rings is 2. The summed E-state index contributed by atoms with van der Waals surface area (Å²) in [7, 11) is 0. The topological polar surface area (TPSA) is 66.5 Å². The van der Waals surface area contributed by atoms with Gasteiger partial charge < -0.3 is 5.32 Å². The van der Waals surface area contributed by atoms with Crippen LogP contribution in [0.2, 0.25) is 0 Å². The summed E-state index contributed by atoms with van der Waals surface area (Å²) in [6, 6.07) is 14.0. The zero-order valence-electron chi connectivity index (χ0n) is 15.3. The van der Waals surface area contributed by atoms with E-state index in [1.165, 1.54) is 4.90 Å². The SMILES string of the molecule is CC1=CC[C@@H]2C(=O)N(c3ccccc3C(=O)Nc3ccc(Br)cc3)C(=O)[C@H]2C1. The molecule has 2 aliphatic rings. The molecule has 5 nitrogen and oxygen atoms in total. The number of allylic oxidation sites excluding steroid dienone is 2. The summed E-state index contributed by atoms with van der Waals surface area (Å²) in [5.41, 5.74) is 2.41. The Balaban J connectivity index is 1.65. The maximum atomic E-state index is 13.0. The van der Waals surface area contributed by atoms with E-state index in [-0.39, 0.29) is 29.6 Å². The van der Waals surface area contributed by atoms with Gasteiger partial charge in [-0.1, -0.05) is 39.7 Å². The van der Waals surface area contributed by atoms with Crippen LogP contribution in [0.15, 0.2) is 64.7 Å². The summed E-state index contributed by atoms with van der Waals surface area (Å²) in [6.45, 7) is 1.98. The molecule has 0 saturated carbocycles. The zero-order chi connectivity index (χ0) is 19.8. The Morgan fingerprint density at radius 1 is 1.04 bits per heavy atom. The molecule has 1 N–H and O–H groups in total. The second kappa shape index (κ2) is 7.36. The van der Waals surface area contributed by atoms with Crippen LogP contribution in [0.5, 0.6) is 0 Å². The highest BCUT2D eigenvalue weighted by Crippen LogP contribution is 2.40. The summed E-state index contributed by atoms with van der Waals surface area (Å²) >= 11 is 3.36. The molecule has 28 heavy (non-hydrogen) atoms. The summed E-state index contributed by atoms with van der Waals surface area (Å²) < 4.78 is 0.908. The molecule has 4 rings (SSSR count). The van der Waals surface area contributed by atoms with E-state index in [1.807, 2.05) is 25.1 Å². The number of anilines is 2. The number of para-hydroxylation sites is 1. The smallest absolute Gasteiger partial charge is 0.257 e. The van der Waals surface area contributed by atoms with Crippen LogP contribution in [-0.4, -0.2) is 17.7 Å². The normalized spacial score (nSPS) is 21.4. The molecule has 2 atom stereocenters. The van der Waals surface area contributed by atoms with E-state index in [4.69, 9.17) is 0 Å². The number of imide groups is 1. The van der Waals surface area contributed by atoms with E-state index in [9.17, 15) is 14.4 Å². The third-order valence-electron chi connectivity index (χ3n) is 5.31. The molecule has 2 aromatic rings. The molecule has 6 heteroatoms. The Hall–Kier alpha value is -2.73. The quantitative estimate of drug-likeness (QED) is 0.564. The minimum absolute atomic E-state index is 0.216. The van der Waals surface area contributed by atoms with E-state index in [1.54, 1.807) is 36.4 Å². The van der Waals surface area contributed by atoms with Crippen LogP contribution in [-0.2, 0) is 9.59 Å². The van der Waals surface area contributed by atoms with Crippen LogP contribution in [0.25, 0.3) is 0 Å². The van der Waals surface area contributed by atoms with E-state index >= 15 is 0 Å². The molecule has 0 unspecified atom stereocenters. The number of fused-ring (bicyclic) bond motifs is 1. The van der Waals surface area contributed by atoms with Crippen molar-refractivity contribution in [3.63, 3.8) is 0 Å². The Bertz CT molecular complexity index is 997. The Morgan fingerprint density at radius 2 is 1.71 bits per heavy atom. The van der Waals surface area contributed by atoms with Crippen molar-refractivity contribution in [3.8, 4) is 0 Å². The van der Waals surface area contributed by atoms with Crippen LogP contribution in [0, 0.1) is 11.8 Å². The van der Waals surface area contributed by atoms with Crippen molar-refractivity contribution >= 4 is 45.0 Å². The molecule has 1 fully saturated rings. The van der Waals surface area contributed by atoms with E-state index in [0.717, 1.165) is 10.0 Å². The van der Waals surface area contributed by atoms with Gasteiger partial charge in [0.05, 0.1) is 23.1 Å². The first-order valence-corrected chi connectivity index (χ1v) is 9.94. The molecule has 3 amide bonds. The van der Waals surface area contributed by atoms with Crippen molar-refractivity contribution in [3.05, 3.63) is 70.2 Å². The first-order valence-electron chi connectivity index (χ1n) is 9.15. The van der Waals surface area contributed by atoms with Gasteiger partial charge in [-0.3, -0.25) is 14.4 Å². The van der Waals surface area contributed by atoms with Gasteiger partial charge in [0.15, 0.2) is 0 Å². The van der Waals surface area contributed by atoms with Crippen LogP contribution in [0.3, 0.4) is 0 Å². The summed E-state index contributed by atoms with van der Waals surface area (Å²) in [6.07, 6.45) is 3.20. The molecule has 1 saturated heterocycles. The van der Waals surface area contributed by atoms with Crippen molar-refractivity contribution in [1.82, 2.24) is 0 Å². The maximum absolute atomic E-state index is 13.0. The number of hydrogen-bond donors (Lipinski definition) is 1. The predicted molar refractivity (Wildman–Crippen MR) is 111 cm³/mol. The van der Waals surface area contributed by atoms with Crippen LogP contribution < -0.4 is 10.2 Å². The van der Waals surface area contributed by atoms with E-state index in [2.05, 4.69) is 21.2 Å². The molecular formula is C22H19BrN2O3. The fourth-order valence-corrected chi connectivity index (χ4v) is 4.13. The second-order valence-electron chi connectivity index (χ2n) is 7.19. The standard InChI is InChI=1S/C22H19BrN2O3/c1-13-6-11-16-18(12-13)22(28)25(21(16)27)19-5-3-2-4-17(19)20(26)24-15-9-7-14(23)8-10-15/h2-10,16,18H,11-12H2,1H3,(H,24,26)/t16-,18-/m0/s1. The van der Waals surface area contributed by atoms with Gasteiger partial charge in [-0.2, -0.15) is 0 Å². The highest BCUT2D eigenvalue weighted by Gasteiger charge is 2.49. The first-order chi connectivity index (χ1) is 13.5. The molecule has 0 spiro atoms. The number of amides is 3. The minimum Gasteiger partial charge on any atom is -0.322 e. The number of halogens is 1. The van der Waals surface area contributed by atoms with Gasteiger partial charge in [0.2, 0.25) is 11.8 Å². The van der Waals surface area contributed by atoms with Crippen molar-refractivity contribution in [2.24, 2.45) is 11.8 Å². The number of hydrogen-bond acceptors (Lipinski definition) is 3. The highest BCUT2D eigenvalue weighted by atomic mass is 79.9. The first kappa shape index (κ1) is 18.6. The lowest BCUT2D eigenvalue weighted by molar-refractivity contribution is -0.122. The van der Waals surface area contributed by atoms with Crippen LogP contribution >= 0.6 is 15.9 Å². The van der Waals surface area contributed by atoms with E-state index in [0.29, 0.717) is 29.8 Å². The van der Waals surface area contributed by atoms with E-state index < -0.39 is 0 Å². The lowest BCUT2D eigenvalue weighted by Gasteiger charge is -2.19. The summed E-state index contributed by atoms with van der Waals surface area (Å²) in [5, 5.41) is 2.83. The van der Waals surface area contributed by atoms with Crippen molar-refractivity contribution < 1.29 is 14.4 Å². The summed E-state index contributed by atoms with van der Waals surface area (Å²) in [5.74, 6) is -1.46. The lowest BCUT2D eigenvalue weighted by Crippen LogP contribution is -2.33. The average molecular weight is 439 g/mol. The average Bonchev–Trinajstić information content (AvgIpc) is 2.93. The third-order valence-corrected chi connectivity index (χ3v) is 5.84. The predicted octanol–water partition coefficient (Wildman–Crippen LogP) is 4.55. The zero-order valence-corrected chi connectivity index (χ0v) is 16.9. The molecule has 0 aromatic heterocycles. The van der Waals surface area contributed by atoms with Gasteiger partial charge in [0.25, 0.3) is 5.91 Å². The van der Waals surface area contributed by atoms with Crippen LogP contribution in [0.1, 0.15) is 30.1 Å².